The third-order valence-corrected chi connectivity index (χ3v) is 5.30. The summed E-state index contributed by atoms with van der Waals surface area (Å²) in [4.78, 5) is 28.6. The van der Waals surface area contributed by atoms with Crippen LogP contribution in [-0.2, 0) is 25.6 Å². The Labute approximate surface area is 166 Å². The van der Waals surface area contributed by atoms with E-state index in [-0.39, 0.29) is 16.5 Å². The van der Waals surface area contributed by atoms with Crippen molar-refractivity contribution < 1.29 is 0 Å². The zero-order valence-corrected chi connectivity index (χ0v) is 17.4. The number of hydrogen-bond donors (Lipinski definition) is 0. The lowest BCUT2D eigenvalue weighted by molar-refractivity contribution is 0.122. The second kappa shape index (κ2) is 8.41. The molecule has 1 aliphatic heterocycles. The Morgan fingerprint density at radius 2 is 1.61 bits per heavy atom. The van der Waals surface area contributed by atoms with Crippen LogP contribution in [0.2, 0.25) is 0 Å². The molecule has 0 aromatic carbocycles. The standard InChI is InChI=1S/C21H31N5O2/c1-21(2,3)18-5-6-19(27)26(22-18)14-13-24-9-11-25(12-10-24)16-17-7-8-23(4)20(28)15-17/h5-8,15H,9-14,16H2,1-4H3. The minimum absolute atomic E-state index is 0.0339. The zero-order valence-electron chi connectivity index (χ0n) is 17.4. The van der Waals surface area contributed by atoms with E-state index < -0.39 is 0 Å². The zero-order chi connectivity index (χ0) is 20.3. The van der Waals surface area contributed by atoms with Gasteiger partial charge in [-0.05, 0) is 17.7 Å². The molecule has 3 rings (SSSR count). The molecule has 7 heteroatoms. The van der Waals surface area contributed by atoms with E-state index in [1.54, 1.807) is 28.4 Å². The largest absolute Gasteiger partial charge is 0.319 e. The summed E-state index contributed by atoms with van der Waals surface area (Å²) in [7, 11) is 1.77. The first-order valence-electron chi connectivity index (χ1n) is 9.91. The maximum absolute atomic E-state index is 12.1. The molecule has 0 saturated carbocycles. The molecule has 0 radical (unpaired) electrons. The topological polar surface area (TPSA) is 63.4 Å². The maximum atomic E-state index is 12.1. The molecule has 0 spiro atoms. The van der Waals surface area contributed by atoms with E-state index in [0.717, 1.165) is 50.5 Å². The molecule has 3 heterocycles. The van der Waals surface area contributed by atoms with Gasteiger partial charge in [0.25, 0.3) is 11.1 Å². The molecule has 0 aliphatic carbocycles. The summed E-state index contributed by atoms with van der Waals surface area (Å²) in [6.45, 7) is 12.4. The molecule has 1 saturated heterocycles. The Morgan fingerprint density at radius 1 is 0.929 bits per heavy atom. The number of hydrogen-bond acceptors (Lipinski definition) is 5. The smallest absolute Gasteiger partial charge is 0.266 e. The Balaban J connectivity index is 1.51. The predicted octanol–water partition coefficient (Wildman–Crippen LogP) is 1.06. The van der Waals surface area contributed by atoms with Gasteiger partial charge in [0, 0.05) is 70.1 Å². The highest BCUT2D eigenvalue weighted by molar-refractivity contribution is 5.11. The molecule has 0 amide bonds. The summed E-state index contributed by atoms with van der Waals surface area (Å²) >= 11 is 0. The van der Waals surface area contributed by atoms with Crippen molar-refractivity contribution >= 4 is 0 Å². The van der Waals surface area contributed by atoms with E-state index in [1.165, 1.54) is 0 Å². The molecule has 152 valence electrons. The summed E-state index contributed by atoms with van der Waals surface area (Å²) in [5, 5.41) is 4.55. The number of rotatable bonds is 5. The predicted molar refractivity (Wildman–Crippen MR) is 111 cm³/mol. The van der Waals surface area contributed by atoms with Gasteiger partial charge in [0.2, 0.25) is 0 Å². The van der Waals surface area contributed by atoms with Crippen molar-refractivity contribution in [3.8, 4) is 0 Å². The molecule has 1 aliphatic rings. The summed E-state index contributed by atoms with van der Waals surface area (Å²) in [5.74, 6) is 0. The van der Waals surface area contributed by atoms with Crippen LogP contribution in [0, 0.1) is 0 Å². The van der Waals surface area contributed by atoms with Crippen LogP contribution >= 0.6 is 0 Å². The first kappa shape index (κ1) is 20.5. The van der Waals surface area contributed by atoms with E-state index in [4.69, 9.17) is 0 Å². The molecular formula is C21H31N5O2. The molecule has 0 unspecified atom stereocenters. The van der Waals surface area contributed by atoms with Gasteiger partial charge in [-0.3, -0.25) is 19.4 Å². The fraction of sp³-hybridized carbons (Fsp3) is 0.571. The van der Waals surface area contributed by atoms with Crippen LogP contribution in [0.3, 0.4) is 0 Å². The van der Waals surface area contributed by atoms with Gasteiger partial charge in [-0.15, -0.1) is 0 Å². The highest BCUT2D eigenvalue weighted by atomic mass is 16.1. The van der Waals surface area contributed by atoms with Gasteiger partial charge >= 0.3 is 0 Å². The van der Waals surface area contributed by atoms with Gasteiger partial charge < -0.3 is 4.57 Å². The van der Waals surface area contributed by atoms with Crippen LogP contribution in [0.1, 0.15) is 32.0 Å². The Bertz CT molecular complexity index is 917. The van der Waals surface area contributed by atoms with E-state index >= 15 is 0 Å². The van der Waals surface area contributed by atoms with Gasteiger partial charge in [-0.2, -0.15) is 5.10 Å². The quantitative estimate of drug-likeness (QED) is 0.770. The fourth-order valence-electron chi connectivity index (χ4n) is 3.36. The van der Waals surface area contributed by atoms with Crippen LogP contribution in [0.5, 0.6) is 0 Å². The molecule has 0 bridgehead atoms. The van der Waals surface area contributed by atoms with Crippen molar-refractivity contribution in [1.82, 2.24) is 24.1 Å². The lowest BCUT2D eigenvalue weighted by atomic mass is 9.92. The highest BCUT2D eigenvalue weighted by Crippen LogP contribution is 2.18. The molecular weight excluding hydrogens is 354 g/mol. The van der Waals surface area contributed by atoms with Crippen LogP contribution in [-0.4, -0.2) is 56.9 Å². The van der Waals surface area contributed by atoms with Crippen molar-refractivity contribution in [2.45, 2.75) is 39.3 Å². The molecule has 28 heavy (non-hydrogen) atoms. The number of pyridine rings is 1. The monoisotopic (exact) mass is 385 g/mol. The second-order valence-electron chi connectivity index (χ2n) is 8.63. The van der Waals surface area contributed by atoms with Crippen LogP contribution < -0.4 is 11.1 Å². The van der Waals surface area contributed by atoms with Crippen molar-refractivity contribution in [2.75, 3.05) is 32.7 Å². The lowest BCUT2D eigenvalue weighted by Gasteiger charge is -2.34. The molecule has 2 aromatic heterocycles. The number of aryl methyl sites for hydroxylation is 1. The van der Waals surface area contributed by atoms with Crippen LogP contribution in [0.4, 0.5) is 0 Å². The Hall–Kier alpha value is -2.25. The van der Waals surface area contributed by atoms with Crippen molar-refractivity contribution in [1.29, 1.82) is 0 Å². The van der Waals surface area contributed by atoms with Crippen LogP contribution in [0.25, 0.3) is 0 Å². The van der Waals surface area contributed by atoms with Crippen molar-refractivity contribution in [3.05, 3.63) is 62.4 Å². The Morgan fingerprint density at radius 3 is 2.25 bits per heavy atom. The van der Waals surface area contributed by atoms with Gasteiger partial charge in [0.1, 0.15) is 0 Å². The first-order valence-corrected chi connectivity index (χ1v) is 9.91. The third kappa shape index (κ3) is 5.17. The molecule has 0 N–H and O–H groups in total. The van der Waals surface area contributed by atoms with E-state index in [0.29, 0.717) is 6.54 Å². The average Bonchev–Trinajstić information content (AvgIpc) is 2.64. The van der Waals surface area contributed by atoms with Crippen LogP contribution in [0.15, 0.2) is 40.1 Å². The summed E-state index contributed by atoms with van der Waals surface area (Å²) < 4.78 is 3.18. The van der Waals surface area contributed by atoms with E-state index in [9.17, 15) is 9.59 Å². The van der Waals surface area contributed by atoms with Gasteiger partial charge in [-0.25, -0.2) is 4.68 Å². The third-order valence-electron chi connectivity index (χ3n) is 5.30. The first-order chi connectivity index (χ1) is 13.2. The minimum Gasteiger partial charge on any atom is -0.319 e. The average molecular weight is 386 g/mol. The molecule has 7 nitrogen and oxygen atoms in total. The molecule has 0 atom stereocenters. The summed E-state index contributed by atoms with van der Waals surface area (Å²) in [5.41, 5.74) is 1.92. The van der Waals surface area contributed by atoms with Gasteiger partial charge in [-0.1, -0.05) is 20.8 Å². The highest BCUT2D eigenvalue weighted by Gasteiger charge is 2.19. The lowest BCUT2D eigenvalue weighted by Crippen LogP contribution is -2.47. The van der Waals surface area contributed by atoms with Gasteiger partial charge in [0.15, 0.2) is 0 Å². The summed E-state index contributed by atoms with van der Waals surface area (Å²) in [6.07, 6.45) is 1.82. The van der Waals surface area contributed by atoms with Gasteiger partial charge in [0.05, 0.1) is 12.2 Å². The van der Waals surface area contributed by atoms with E-state index in [2.05, 4.69) is 35.7 Å². The van der Waals surface area contributed by atoms with Crippen molar-refractivity contribution in [3.63, 3.8) is 0 Å². The van der Waals surface area contributed by atoms with Crippen molar-refractivity contribution in [2.24, 2.45) is 7.05 Å². The normalized spacial score (nSPS) is 16.4. The maximum Gasteiger partial charge on any atom is 0.266 e. The SMILES string of the molecule is Cn1ccc(CN2CCN(CCn3nc(C(C)(C)C)ccc3=O)CC2)cc1=O. The van der Waals surface area contributed by atoms with E-state index in [1.807, 2.05) is 18.3 Å². The number of piperazine rings is 1. The summed E-state index contributed by atoms with van der Waals surface area (Å²) in [6, 6.07) is 7.17. The minimum atomic E-state index is -0.0699. The molecule has 1 fully saturated rings. The fourth-order valence-corrected chi connectivity index (χ4v) is 3.36. The number of nitrogens with zero attached hydrogens (tertiary/aromatic N) is 5. The second-order valence-corrected chi connectivity index (χ2v) is 8.63. The number of aromatic nitrogens is 3. The molecule has 2 aromatic rings. The Kier molecular flexibility index (Phi) is 6.15.